The Hall–Kier alpha value is -2.19. The van der Waals surface area contributed by atoms with E-state index >= 15 is 0 Å². The van der Waals surface area contributed by atoms with E-state index in [9.17, 15) is 17.6 Å². The second kappa shape index (κ2) is 7.82. The van der Waals surface area contributed by atoms with Crippen molar-refractivity contribution in [3.63, 3.8) is 0 Å². The van der Waals surface area contributed by atoms with Crippen molar-refractivity contribution in [1.29, 1.82) is 0 Å². The van der Waals surface area contributed by atoms with Gasteiger partial charge in [0.25, 0.3) is 5.91 Å². The second-order valence-electron chi connectivity index (χ2n) is 6.78. The summed E-state index contributed by atoms with van der Waals surface area (Å²) in [6.07, 6.45) is 2.22. The van der Waals surface area contributed by atoms with Gasteiger partial charge in [-0.3, -0.25) is 4.79 Å². The Morgan fingerprint density at radius 2 is 2.15 bits per heavy atom. The Morgan fingerprint density at radius 3 is 2.78 bits per heavy atom. The molecule has 1 fully saturated rings. The lowest BCUT2D eigenvalue weighted by molar-refractivity contribution is 0.101. The molecule has 1 aromatic heterocycles. The fraction of sp³-hybridized carbons (Fsp3) is 0.421. The third-order valence-corrected chi connectivity index (χ3v) is 6.55. The molecule has 1 N–H and O–H groups in total. The van der Waals surface area contributed by atoms with Gasteiger partial charge in [-0.05, 0) is 56.0 Å². The summed E-state index contributed by atoms with van der Waals surface area (Å²) >= 11 is 0. The fourth-order valence-corrected chi connectivity index (χ4v) is 4.80. The minimum Gasteiger partial charge on any atom is -0.381 e. The molecule has 0 aliphatic carbocycles. The first-order chi connectivity index (χ1) is 12.8. The molecule has 0 unspecified atom stereocenters. The average Bonchev–Trinajstić information content (AvgIpc) is 3.27. The number of amides is 1. The van der Waals surface area contributed by atoms with Crippen LogP contribution < -0.4 is 5.32 Å². The summed E-state index contributed by atoms with van der Waals surface area (Å²) in [5.41, 5.74) is 1.12. The average molecular weight is 394 g/mol. The number of anilines is 1. The van der Waals surface area contributed by atoms with Gasteiger partial charge in [-0.1, -0.05) is 0 Å². The predicted molar refractivity (Wildman–Crippen MR) is 100 cm³/mol. The van der Waals surface area contributed by atoms with Crippen molar-refractivity contribution in [2.45, 2.75) is 31.7 Å². The van der Waals surface area contributed by atoms with Gasteiger partial charge in [-0.25, -0.2) is 12.8 Å². The lowest BCUT2D eigenvalue weighted by Gasteiger charge is -2.08. The van der Waals surface area contributed by atoms with E-state index in [2.05, 4.69) is 5.32 Å². The first-order valence-corrected chi connectivity index (χ1v) is 10.5. The number of carbonyl (C=O) groups is 1. The van der Waals surface area contributed by atoms with E-state index < -0.39 is 15.7 Å². The fourth-order valence-electron chi connectivity index (χ4n) is 3.14. The van der Waals surface area contributed by atoms with E-state index in [1.165, 1.54) is 30.5 Å². The van der Waals surface area contributed by atoms with E-state index in [1.807, 2.05) is 6.92 Å². The predicted octanol–water partition coefficient (Wildman–Crippen LogP) is 3.02. The number of nitrogens with zero attached hydrogens (tertiary/aromatic N) is 1. The summed E-state index contributed by atoms with van der Waals surface area (Å²) in [5, 5.41) is 2.70. The Labute approximate surface area is 158 Å². The quantitative estimate of drug-likeness (QED) is 0.817. The van der Waals surface area contributed by atoms with Crippen LogP contribution in [-0.4, -0.2) is 37.9 Å². The van der Waals surface area contributed by atoms with Crippen LogP contribution >= 0.6 is 0 Å². The van der Waals surface area contributed by atoms with Crippen molar-refractivity contribution in [2.24, 2.45) is 5.92 Å². The summed E-state index contributed by atoms with van der Waals surface area (Å²) in [5.74, 6) is -0.791. The maximum Gasteiger partial charge on any atom is 0.272 e. The summed E-state index contributed by atoms with van der Waals surface area (Å²) in [6.45, 7) is 4.93. The summed E-state index contributed by atoms with van der Waals surface area (Å²) in [4.78, 5) is 12.8. The van der Waals surface area contributed by atoms with Crippen molar-refractivity contribution in [2.75, 3.05) is 24.3 Å². The highest BCUT2D eigenvalue weighted by atomic mass is 32.2. The third kappa shape index (κ3) is 4.39. The minimum absolute atomic E-state index is 0.0128. The first kappa shape index (κ1) is 19.6. The van der Waals surface area contributed by atoms with Crippen LogP contribution in [0.5, 0.6) is 0 Å². The number of benzene rings is 1. The Bertz CT molecular complexity index is 947. The number of hydrogen-bond acceptors (Lipinski definition) is 4. The zero-order chi connectivity index (χ0) is 19.6. The van der Waals surface area contributed by atoms with Crippen molar-refractivity contribution in [1.82, 2.24) is 4.57 Å². The van der Waals surface area contributed by atoms with Gasteiger partial charge in [0.1, 0.15) is 11.5 Å². The molecule has 6 nitrogen and oxygen atoms in total. The molecule has 3 rings (SSSR count). The number of aryl methyl sites for hydroxylation is 2. The van der Waals surface area contributed by atoms with Crippen LogP contribution in [0.1, 0.15) is 29.4 Å². The number of carbonyl (C=O) groups excluding carboxylic acids is 1. The molecule has 2 aromatic rings. The van der Waals surface area contributed by atoms with Gasteiger partial charge in [0.15, 0.2) is 9.84 Å². The number of ether oxygens (including phenoxy) is 1. The molecule has 0 bridgehead atoms. The third-order valence-electron chi connectivity index (χ3n) is 4.70. The highest BCUT2D eigenvalue weighted by Gasteiger charge is 2.27. The van der Waals surface area contributed by atoms with Crippen molar-refractivity contribution in [3.8, 4) is 0 Å². The number of nitrogens with one attached hydrogen (secondary N) is 1. The molecule has 1 saturated heterocycles. The first-order valence-electron chi connectivity index (χ1n) is 8.88. The molecule has 0 spiro atoms. The molecular weight excluding hydrogens is 371 g/mol. The van der Waals surface area contributed by atoms with E-state index in [4.69, 9.17) is 4.74 Å². The monoisotopic (exact) mass is 394 g/mol. The molecule has 1 aromatic carbocycles. The van der Waals surface area contributed by atoms with Crippen LogP contribution in [0.25, 0.3) is 0 Å². The van der Waals surface area contributed by atoms with Gasteiger partial charge >= 0.3 is 0 Å². The van der Waals surface area contributed by atoms with Gasteiger partial charge in [-0.15, -0.1) is 0 Å². The van der Waals surface area contributed by atoms with E-state index in [0.29, 0.717) is 31.0 Å². The van der Waals surface area contributed by atoms with Crippen LogP contribution in [0.3, 0.4) is 0 Å². The number of rotatable bonds is 6. The Morgan fingerprint density at radius 1 is 1.37 bits per heavy atom. The van der Waals surface area contributed by atoms with E-state index in [0.717, 1.165) is 6.42 Å². The van der Waals surface area contributed by atoms with Crippen LogP contribution in [0.2, 0.25) is 0 Å². The Balaban J connectivity index is 1.82. The molecule has 1 amide bonds. The Kier molecular flexibility index (Phi) is 5.67. The minimum atomic E-state index is -3.50. The topological polar surface area (TPSA) is 77.4 Å². The van der Waals surface area contributed by atoms with E-state index in [1.54, 1.807) is 11.5 Å². The number of sulfone groups is 1. The zero-order valence-electron chi connectivity index (χ0n) is 15.4. The van der Waals surface area contributed by atoms with Gasteiger partial charge in [0, 0.05) is 25.0 Å². The molecule has 146 valence electrons. The van der Waals surface area contributed by atoms with Crippen LogP contribution in [0.4, 0.5) is 10.1 Å². The molecule has 0 radical (unpaired) electrons. The SMILES string of the molecule is CCn1cc(S(=O)(=O)C[C@H]2CCOC2)cc1C(=O)Nc1ccc(F)c(C)c1. The lowest BCUT2D eigenvalue weighted by atomic mass is 10.2. The highest BCUT2D eigenvalue weighted by Crippen LogP contribution is 2.23. The number of halogens is 1. The lowest BCUT2D eigenvalue weighted by Crippen LogP contribution is -2.16. The van der Waals surface area contributed by atoms with Crippen molar-refractivity contribution in [3.05, 3.63) is 47.5 Å². The van der Waals surface area contributed by atoms with E-state index in [-0.39, 0.29) is 28.1 Å². The second-order valence-corrected chi connectivity index (χ2v) is 8.81. The molecule has 1 aliphatic rings. The van der Waals surface area contributed by atoms with Gasteiger partial charge in [0.2, 0.25) is 0 Å². The number of hydrogen-bond donors (Lipinski definition) is 1. The maximum atomic E-state index is 13.4. The molecule has 2 heterocycles. The molecular formula is C19H23FN2O4S. The van der Waals surface area contributed by atoms with Gasteiger partial charge in [-0.2, -0.15) is 0 Å². The standard InChI is InChI=1S/C19H23FN2O4S/c1-3-22-10-16(27(24,25)12-14-6-7-26-11-14)9-18(22)19(23)21-15-4-5-17(20)13(2)8-15/h4-5,8-10,14H,3,6-7,11-12H2,1-2H3,(H,21,23)/t14-/m0/s1. The summed E-state index contributed by atoms with van der Waals surface area (Å²) in [7, 11) is -3.50. The van der Waals surface area contributed by atoms with Crippen molar-refractivity contribution >= 4 is 21.4 Å². The summed E-state index contributed by atoms with van der Waals surface area (Å²) < 4.78 is 45.6. The molecule has 27 heavy (non-hydrogen) atoms. The molecule has 1 atom stereocenters. The zero-order valence-corrected chi connectivity index (χ0v) is 16.2. The molecule has 8 heteroatoms. The van der Waals surface area contributed by atoms with Crippen LogP contribution in [0, 0.1) is 18.7 Å². The summed E-state index contributed by atoms with van der Waals surface area (Å²) in [6, 6.07) is 5.69. The molecule has 1 aliphatic heterocycles. The van der Waals surface area contributed by atoms with Crippen LogP contribution in [-0.2, 0) is 21.1 Å². The molecule has 0 saturated carbocycles. The largest absolute Gasteiger partial charge is 0.381 e. The van der Waals surface area contributed by atoms with Crippen LogP contribution in [0.15, 0.2) is 35.4 Å². The smallest absolute Gasteiger partial charge is 0.272 e. The normalized spacial score (nSPS) is 17.2. The van der Waals surface area contributed by atoms with Gasteiger partial charge < -0.3 is 14.6 Å². The highest BCUT2D eigenvalue weighted by molar-refractivity contribution is 7.91. The van der Waals surface area contributed by atoms with Gasteiger partial charge in [0.05, 0.1) is 17.3 Å². The number of aromatic nitrogens is 1. The van der Waals surface area contributed by atoms with Crippen molar-refractivity contribution < 1.29 is 22.3 Å². The maximum absolute atomic E-state index is 13.4.